The molecule has 4 aliphatic heterocycles. The van der Waals surface area contributed by atoms with Gasteiger partial charge in [-0.2, -0.15) is 5.26 Å². The highest BCUT2D eigenvalue weighted by molar-refractivity contribution is 7.99. The van der Waals surface area contributed by atoms with Gasteiger partial charge in [-0.25, -0.2) is 46.3 Å². The minimum atomic E-state index is -0.956. The minimum Gasteiger partial charge on any atom is -0.501 e. The van der Waals surface area contributed by atoms with Crippen molar-refractivity contribution in [2.45, 2.75) is 188 Å². The molecule has 2 radical (unpaired) electrons. The Morgan fingerprint density at radius 2 is 0.764 bits per heavy atom. The summed E-state index contributed by atoms with van der Waals surface area (Å²) < 4.78 is 121. The normalized spacial score (nSPS) is 14.2. The van der Waals surface area contributed by atoms with E-state index in [0.29, 0.717) is 82.5 Å². The molecule has 0 saturated carbocycles. The van der Waals surface area contributed by atoms with Crippen molar-refractivity contribution in [2.75, 3.05) is 57.7 Å². The van der Waals surface area contributed by atoms with Gasteiger partial charge in [-0.15, -0.1) is 47.0 Å². The Bertz CT molecular complexity index is 6550. The predicted octanol–water partition coefficient (Wildman–Crippen LogP) is 14.0. The third-order valence-electron chi connectivity index (χ3n) is 21.8. The number of amides is 4. The lowest BCUT2D eigenvalue weighted by Gasteiger charge is -2.32. The fraction of sp³-hybridized carbons (Fsp3) is 0.351. The van der Waals surface area contributed by atoms with Crippen LogP contribution in [0.4, 0.5) is 26.3 Å². The number of nitrogens with one attached hydrogen (secondary N) is 5. The van der Waals surface area contributed by atoms with E-state index in [-0.39, 0.29) is 128 Å². The van der Waals surface area contributed by atoms with E-state index in [1.165, 1.54) is 157 Å². The number of thioether (sulfide) groups is 4. The van der Waals surface area contributed by atoms with Crippen molar-refractivity contribution >= 4 is 89.2 Å². The number of halogens is 6. The number of hydrogen-bond donors (Lipinski definition) is 9. The Morgan fingerprint density at radius 1 is 0.457 bits per heavy atom. The lowest BCUT2D eigenvalue weighted by molar-refractivity contribution is -0.0569. The van der Waals surface area contributed by atoms with Gasteiger partial charge in [0.25, 0.3) is 45.9 Å². The zero-order chi connectivity index (χ0) is 103. The number of ether oxygens (including phenoxy) is 5. The number of aromatic hydroxyl groups is 3. The van der Waals surface area contributed by atoms with E-state index in [0.717, 1.165) is 38.3 Å². The maximum absolute atomic E-state index is 13.6. The van der Waals surface area contributed by atoms with Gasteiger partial charge >= 0.3 is 0 Å². The SMILES string of the molecule is CCc1cc(F)ccc1CNC(=O)c1nc2n(c(=O)c1O)CCOC2(C)C.CS(=N)c1cc(F)ccc1CNC(=O)c1nc2n(c(=O)c1O)CCOC2(C)C.CSc1cc(F)ccc1C#N.CSc1cc(F)ccc1CN.CSc1cc(F)ccc1CNC(=O)c1nc2n(c(=O)c1O)CCOC2(C)C.CSc1cc(F)ccc1CNC(=O)c1nc2n(c(=O)c1OCc1ccccc1)CCOC2(C)C.[B]C. The molecule has 4 aromatic heterocycles. The molecule has 0 spiro atoms. The van der Waals surface area contributed by atoms with Crippen LogP contribution in [0.3, 0.4) is 0 Å². The molecule has 4 amide bonds. The molecule has 0 saturated heterocycles. The Labute approximate surface area is 824 Å². The zero-order valence-corrected chi connectivity index (χ0v) is 83.6. The molecule has 15 rings (SSSR count). The van der Waals surface area contributed by atoms with Crippen LogP contribution in [0.2, 0.25) is 6.82 Å². The van der Waals surface area contributed by atoms with Gasteiger partial charge in [-0.1, -0.05) is 85.1 Å². The molecule has 4 aliphatic rings. The van der Waals surface area contributed by atoms with Crippen molar-refractivity contribution in [2.24, 2.45) is 5.73 Å². The minimum absolute atomic E-state index is 0.00407. The molecule has 1 unspecified atom stereocenters. The molecule has 43 heteroatoms. The average Bonchev–Trinajstić information content (AvgIpc) is 0.755. The first-order chi connectivity index (χ1) is 66.4. The summed E-state index contributed by atoms with van der Waals surface area (Å²) in [6.45, 7) is 20.8. The van der Waals surface area contributed by atoms with Crippen LogP contribution in [0, 0.1) is 51.0 Å². The summed E-state index contributed by atoms with van der Waals surface area (Å²) in [6, 6.07) is 37.2. The number of nitriles is 1. The van der Waals surface area contributed by atoms with Crippen LogP contribution >= 0.6 is 47.0 Å². The molecular weight excluding hydrogens is 1920 g/mol. The lowest BCUT2D eigenvalue weighted by atomic mass is 10.0. The highest BCUT2D eigenvalue weighted by Crippen LogP contribution is 2.35. The van der Waals surface area contributed by atoms with Crippen molar-refractivity contribution in [3.63, 3.8) is 0 Å². The molecule has 0 aliphatic carbocycles. The number of nitrogens with two attached hydrogens (primary N) is 1. The largest absolute Gasteiger partial charge is 0.501 e. The van der Waals surface area contributed by atoms with E-state index in [4.69, 9.17) is 39.5 Å². The van der Waals surface area contributed by atoms with Crippen molar-refractivity contribution in [1.82, 2.24) is 59.5 Å². The average molecular weight is 2030 g/mol. The van der Waals surface area contributed by atoms with Gasteiger partial charge in [-0.05, 0) is 211 Å². The molecule has 31 nitrogen and oxygen atoms in total. The summed E-state index contributed by atoms with van der Waals surface area (Å²) in [5, 5.41) is 49.8. The second-order valence-corrected chi connectivity index (χ2v) is 37.7. The Morgan fingerprint density at radius 3 is 1.13 bits per heavy atom. The summed E-state index contributed by atoms with van der Waals surface area (Å²) in [5.74, 6) is -5.69. The number of hydrogen-bond acceptors (Lipinski definition) is 27. The number of carbonyl (C=O) groups is 4. The van der Waals surface area contributed by atoms with Gasteiger partial charge in [0.2, 0.25) is 23.0 Å². The second-order valence-electron chi connectivity index (χ2n) is 32.8. The number of aromatic nitrogens is 8. The van der Waals surface area contributed by atoms with E-state index in [1.807, 2.05) is 62.1 Å². The highest BCUT2D eigenvalue weighted by atomic mass is 32.2. The van der Waals surface area contributed by atoms with Crippen LogP contribution in [0.25, 0.3) is 0 Å². The fourth-order valence-electron chi connectivity index (χ4n) is 14.6. The quantitative estimate of drug-likeness (QED) is 0.0173. The van der Waals surface area contributed by atoms with Crippen LogP contribution in [-0.2, 0) is 124 Å². The Balaban J connectivity index is 0.000000194. The summed E-state index contributed by atoms with van der Waals surface area (Å²) in [5.41, 5.74) is 4.32. The zero-order valence-electron chi connectivity index (χ0n) is 79.5. The van der Waals surface area contributed by atoms with Crippen molar-refractivity contribution in [1.29, 1.82) is 10.0 Å². The topological polar surface area (TPSA) is 436 Å². The van der Waals surface area contributed by atoms with Crippen LogP contribution in [-0.4, -0.2) is 143 Å². The lowest BCUT2D eigenvalue weighted by Crippen LogP contribution is -2.43. The van der Waals surface area contributed by atoms with Gasteiger partial charge < -0.3 is 66.0 Å². The van der Waals surface area contributed by atoms with Gasteiger partial charge in [0.1, 0.15) is 93.3 Å². The molecule has 1 atom stereocenters. The van der Waals surface area contributed by atoms with Crippen LogP contribution in [0.5, 0.6) is 23.0 Å². The van der Waals surface area contributed by atoms with E-state index in [9.17, 15) is 80.0 Å². The number of rotatable bonds is 22. The molecule has 0 bridgehead atoms. The fourth-order valence-corrected chi connectivity index (χ4v) is 17.9. The second kappa shape index (κ2) is 50.1. The van der Waals surface area contributed by atoms with Crippen molar-refractivity contribution < 1.29 is 84.5 Å². The third-order valence-corrected chi connectivity index (χ3v) is 26.1. The molecule has 10 N–H and O–H groups in total. The third kappa shape index (κ3) is 27.9. The smallest absolute Gasteiger partial charge is 0.296 e. The molecular formula is C97H108BF6N15O16S5. The van der Waals surface area contributed by atoms with E-state index in [2.05, 4.69) is 49.0 Å². The highest BCUT2D eigenvalue weighted by Gasteiger charge is 2.40. The molecule has 7 aromatic carbocycles. The van der Waals surface area contributed by atoms with Gasteiger partial charge in [0, 0.05) is 57.2 Å². The van der Waals surface area contributed by atoms with Crippen molar-refractivity contribution in [3.8, 4) is 29.1 Å². The van der Waals surface area contributed by atoms with Crippen LogP contribution in [0.15, 0.2) is 183 Å². The van der Waals surface area contributed by atoms with Gasteiger partial charge in [-0.3, -0.25) is 61.4 Å². The maximum atomic E-state index is 13.6. The monoisotopic (exact) mass is 2020 g/mol. The van der Waals surface area contributed by atoms with Crippen LogP contribution < -0.4 is 54.0 Å². The van der Waals surface area contributed by atoms with E-state index in [1.54, 1.807) is 92.2 Å². The predicted molar refractivity (Wildman–Crippen MR) is 524 cm³/mol. The molecule has 8 heterocycles. The number of nitrogens with zero attached hydrogens (tertiary/aromatic N) is 9. The summed E-state index contributed by atoms with van der Waals surface area (Å²) >= 11 is 5.63. The van der Waals surface area contributed by atoms with Gasteiger partial charge in [0.15, 0.2) is 22.8 Å². The number of carbonyl (C=O) groups excluding carboxylic acids is 4. The standard InChI is InChI=1S/C25H26FN3O4S.C19H22FN3O4.C18H21FN4O4S.C18H20FN3O4S.C8H10FNS.C8H6FNS.CH3B/c1-25(2)24-28-20(22(30)27-14-17-9-10-18(26)13-19(17)34-3)21(23(31)29(24)11-12-33-25)32-15-16-7-5-4-6-8-16;1-4-11-9-13(20)6-5-12(11)10-21-16(25)14-15(24)17(26)23-7-8-27-19(2,3)18(23)22-14;1-18(2)17-22-13(14(24)16(26)23(17)6-7-27-18)15(25)21-9-10-4-5-11(19)8-12(10)28(3)20;1-18(2)17-21-13(14(23)16(25)22(17)6-7-26-18)15(24)20-9-10-4-5-11(19)8-12(10)27-3;2*1-11-8-4-7(9)3-2-6(8)5-10;1-2/h4-10,13H,11-12,14-15H2,1-3H3,(H,27,30);5-6,9,24H,4,7-8,10H2,1-3H3,(H,21,25);4-5,8,20,24H,6-7,9H2,1-3H3,(H,21,25);4-5,8,23H,6-7,9H2,1-3H3,(H,20,24);2-4H,5,10H2,1H3;2-4H,1H3;1H3. The molecule has 742 valence electrons. The number of fused-ring (bicyclic) bond motifs is 4. The molecule has 11 aromatic rings. The summed E-state index contributed by atoms with van der Waals surface area (Å²) in [4.78, 5) is 122. The first-order valence-corrected chi connectivity index (χ1v) is 49.9. The van der Waals surface area contributed by atoms with Crippen molar-refractivity contribution in [3.05, 3.63) is 306 Å². The maximum Gasteiger partial charge on any atom is 0.296 e. The first-order valence-electron chi connectivity index (χ1n) is 43.4. The molecule has 140 heavy (non-hydrogen) atoms. The van der Waals surface area contributed by atoms with E-state index >= 15 is 0 Å². The Hall–Kier alpha value is -12.4. The molecule has 0 fully saturated rings. The summed E-state index contributed by atoms with van der Waals surface area (Å²) in [6.07, 6.45) is 9.60. The first kappa shape index (κ1) is 111. The van der Waals surface area contributed by atoms with E-state index < -0.39 is 102 Å². The van der Waals surface area contributed by atoms with Gasteiger partial charge in [0.05, 0.1) is 66.0 Å². The summed E-state index contributed by atoms with van der Waals surface area (Å²) in [7, 11) is 3.54. The number of aryl methyl sites for hydroxylation is 1. The van der Waals surface area contributed by atoms with Crippen LogP contribution in [0.1, 0.15) is 172 Å². The Kier molecular flexibility index (Phi) is 39.8. The number of benzene rings is 7.